The molecule has 1 fully saturated rings. The zero-order valence-electron chi connectivity index (χ0n) is 10.8. The topological polar surface area (TPSA) is 0 Å². The first-order valence-corrected chi connectivity index (χ1v) is 7.73. The van der Waals surface area contributed by atoms with E-state index in [1.165, 1.54) is 50.3 Å². The molecule has 0 aromatic heterocycles. The predicted molar refractivity (Wildman–Crippen MR) is 78.0 cm³/mol. The van der Waals surface area contributed by atoms with Crippen molar-refractivity contribution in [2.75, 3.05) is 0 Å². The van der Waals surface area contributed by atoms with Gasteiger partial charge >= 0.3 is 0 Å². The van der Waals surface area contributed by atoms with Crippen molar-refractivity contribution in [2.24, 2.45) is 5.92 Å². The summed E-state index contributed by atoms with van der Waals surface area (Å²) < 4.78 is 0. The molecule has 3 atom stereocenters. The monoisotopic (exact) mass is 246 g/mol. The average molecular weight is 246 g/mol. The Morgan fingerprint density at radius 2 is 2.18 bits per heavy atom. The van der Waals surface area contributed by atoms with E-state index in [1.54, 1.807) is 11.1 Å². The fourth-order valence-electron chi connectivity index (χ4n) is 4.35. The van der Waals surface area contributed by atoms with Crippen LogP contribution in [0.1, 0.15) is 56.6 Å². The van der Waals surface area contributed by atoms with E-state index in [2.05, 4.69) is 34.4 Å². The van der Waals surface area contributed by atoms with E-state index in [4.69, 9.17) is 0 Å². The van der Waals surface area contributed by atoms with Crippen molar-refractivity contribution in [1.82, 2.24) is 0 Å². The Kier molecular flexibility index (Phi) is 3.03. The second-order valence-electron chi connectivity index (χ2n) is 5.91. The van der Waals surface area contributed by atoms with Crippen LogP contribution in [0.2, 0.25) is 0 Å². The highest BCUT2D eigenvalue weighted by atomic mass is 31.0. The van der Waals surface area contributed by atoms with Crippen LogP contribution in [0.15, 0.2) is 18.2 Å². The summed E-state index contributed by atoms with van der Waals surface area (Å²) in [5, 5.41) is 1.36. The van der Waals surface area contributed by atoms with E-state index in [9.17, 15) is 0 Å². The van der Waals surface area contributed by atoms with Gasteiger partial charge in [-0.2, -0.15) is 0 Å². The third-order valence-corrected chi connectivity index (χ3v) is 5.63. The zero-order valence-corrected chi connectivity index (χ0v) is 12.0. The van der Waals surface area contributed by atoms with E-state index in [0.717, 1.165) is 5.92 Å². The minimum absolute atomic E-state index is 0.526. The van der Waals surface area contributed by atoms with Gasteiger partial charge in [-0.05, 0) is 59.9 Å². The van der Waals surface area contributed by atoms with Gasteiger partial charge in [0.1, 0.15) is 0 Å². The van der Waals surface area contributed by atoms with Crippen LogP contribution >= 0.6 is 9.24 Å². The van der Waals surface area contributed by atoms with E-state index >= 15 is 0 Å². The molecule has 1 aromatic carbocycles. The molecule has 2 aliphatic rings. The number of benzene rings is 1. The summed E-state index contributed by atoms with van der Waals surface area (Å²) in [4.78, 5) is 0. The van der Waals surface area contributed by atoms with Gasteiger partial charge in [0.2, 0.25) is 0 Å². The number of rotatable bonds is 1. The van der Waals surface area contributed by atoms with Crippen LogP contribution in [0.25, 0.3) is 0 Å². The van der Waals surface area contributed by atoms with Crippen molar-refractivity contribution in [2.45, 2.75) is 57.3 Å². The Morgan fingerprint density at radius 1 is 1.29 bits per heavy atom. The van der Waals surface area contributed by atoms with Crippen LogP contribution in [-0.2, 0) is 11.8 Å². The molecule has 0 aliphatic heterocycles. The van der Waals surface area contributed by atoms with Crippen molar-refractivity contribution in [3.8, 4) is 0 Å². The molecule has 0 radical (unpaired) electrons. The van der Waals surface area contributed by atoms with Crippen LogP contribution < -0.4 is 5.30 Å². The fourth-order valence-corrected chi connectivity index (χ4v) is 4.61. The van der Waals surface area contributed by atoms with Gasteiger partial charge in [0.25, 0.3) is 0 Å². The van der Waals surface area contributed by atoms with Crippen LogP contribution in [0, 0.1) is 5.92 Å². The largest absolute Gasteiger partial charge is 0.106 e. The highest BCUT2D eigenvalue weighted by Crippen LogP contribution is 2.51. The lowest BCUT2D eigenvalue weighted by atomic mass is 9.56. The van der Waals surface area contributed by atoms with Gasteiger partial charge in [-0.3, -0.25) is 0 Å². The van der Waals surface area contributed by atoms with Crippen molar-refractivity contribution in [3.05, 3.63) is 29.3 Å². The van der Waals surface area contributed by atoms with Gasteiger partial charge in [-0.15, -0.1) is 9.24 Å². The van der Waals surface area contributed by atoms with Crippen LogP contribution in [0.4, 0.5) is 0 Å². The molecule has 0 spiro atoms. The predicted octanol–water partition coefficient (Wildman–Crippen LogP) is 3.97. The lowest BCUT2D eigenvalue weighted by Crippen LogP contribution is -2.41. The van der Waals surface area contributed by atoms with E-state index in [-0.39, 0.29) is 0 Å². The summed E-state index contributed by atoms with van der Waals surface area (Å²) >= 11 is 0. The molecule has 17 heavy (non-hydrogen) atoms. The van der Waals surface area contributed by atoms with E-state index in [1.807, 2.05) is 0 Å². The molecule has 0 bridgehead atoms. The van der Waals surface area contributed by atoms with Gasteiger partial charge in [0.05, 0.1) is 0 Å². The Balaban J connectivity index is 2.13. The lowest BCUT2D eigenvalue weighted by molar-refractivity contribution is 0.153. The SMILES string of the molecule is CC[C@@]12CCCCC1CCc1ccc(P)cc12. The summed E-state index contributed by atoms with van der Waals surface area (Å²) in [6, 6.07) is 7.09. The molecule has 0 amide bonds. The average Bonchev–Trinajstić information content (AvgIpc) is 2.38. The van der Waals surface area contributed by atoms with E-state index in [0.29, 0.717) is 5.41 Å². The zero-order chi connectivity index (χ0) is 11.9. The summed E-state index contributed by atoms with van der Waals surface area (Å²) in [6.45, 7) is 2.41. The summed E-state index contributed by atoms with van der Waals surface area (Å²) in [5.74, 6) is 0.959. The van der Waals surface area contributed by atoms with Gasteiger partial charge in [0.15, 0.2) is 0 Å². The van der Waals surface area contributed by atoms with Crippen molar-refractivity contribution >= 4 is 14.5 Å². The summed E-state index contributed by atoms with van der Waals surface area (Å²) in [5.41, 5.74) is 3.86. The maximum Gasteiger partial charge on any atom is -0.00183 e. The maximum absolute atomic E-state index is 2.87. The standard InChI is InChI=1S/C16H23P/c1-2-16-10-4-3-5-13(16)8-6-12-7-9-14(17)11-15(12)16/h7,9,11,13H,2-6,8,10,17H2,1H3/t13?,16-/m1/s1. The molecule has 3 rings (SSSR count). The lowest BCUT2D eigenvalue weighted by Gasteiger charge is -2.48. The molecule has 1 saturated carbocycles. The molecule has 92 valence electrons. The molecule has 2 aliphatic carbocycles. The Hall–Kier alpha value is -0.350. The third-order valence-electron chi connectivity index (χ3n) is 5.27. The number of aryl methyl sites for hydroxylation is 1. The van der Waals surface area contributed by atoms with Gasteiger partial charge in [0, 0.05) is 0 Å². The molecule has 0 heterocycles. The second-order valence-corrected chi connectivity index (χ2v) is 6.57. The maximum atomic E-state index is 2.87. The number of fused-ring (bicyclic) bond motifs is 3. The molecular formula is C16H23P. The first-order valence-electron chi connectivity index (χ1n) is 7.15. The number of hydrogen-bond donors (Lipinski definition) is 0. The highest BCUT2D eigenvalue weighted by molar-refractivity contribution is 7.27. The molecule has 0 nitrogen and oxygen atoms in total. The Bertz CT molecular complexity index is 424. The van der Waals surface area contributed by atoms with Crippen LogP contribution in [0.5, 0.6) is 0 Å². The van der Waals surface area contributed by atoms with Crippen molar-refractivity contribution in [3.63, 3.8) is 0 Å². The summed E-state index contributed by atoms with van der Waals surface area (Å²) in [6.07, 6.45) is 9.86. The molecular weight excluding hydrogens is 223 g/mol. The second kappa shape index (κ2) is 4.39. The smallest absolute Gasteiger partial charge is 0.00183 e. The van der Waals surface area contributed by atoms with Crippen molar-refractivity contribution in [1.29, 1.82) is 0 Å². The van der Waals surface area contributed by atoms with Crippen molar-refractivity contribution < 1.29 is 0 Å². The molecule has 0 saturated heterocycles. The normalized spacial score (nSPS) is 31.8. The van der Waals surface area contributed by atoms with Crippen LogP contribution in [0.3, 0.4) is 0 Å². The van der Waals surface area contributed by atoms with Gasteiger partial charge in [-0.25, -0.2) is 0 Å². The minimum atomic E-state index is 0.526. The van der Waals surface area contributed by atoms with E-state index < -0.39 is 0 Å². The Morgan fingerprint density at radius 3 is 3.00 bits per heavy atom. The first-order chi connectivity index (χ1) is 8.26. The summed E-state index contributed by atoms with van der Waals surface area (Å²) in [7, 11) is 2.87. The molecule has 1 heteroatoms. The first kappa shape index (κ1) is 11.7. The fraction of sp³-hybridized carbons (Fsp3) is 0.625. The van der Waals surface area contributed by atoms with Crippen LogP contribution in [-0.4, -0.2) is 0 Å². The minimum Gasteiger partial charge on any atom is -0.106 e. The quantitative estimate of drug-likeness (QED) is 0.658. The molecule has 2 unspecified atom stereocenters. The molecule has 1 aromatic rings. The van der Waals surface area contributed by atoms with Gasteiger partial charge in [-0.1, -0.05) is 38.0 Å². The van der Waals surface area contributed by atoms with Gasteiger partial charge < -0.3 is 0 Å². The highest BCUT2D eigenvalue weighted by Gasteiger charge is 2.43. The third kappa shape index (κ3) is 1.76. The Labute approximate surface area is 107 Å². The number of hydrogen-bond acceptors (Lipinski definition) is 0. The molecule has 0 N–H and O–H groups in total.